The third kappa shape index (κ3) is 6.63. The number of benzene rings is 2. The predicted molar refractivity (Wildman–Crippen MR) is 140 cm³/mol. The summed E-state index contributed by atoms with van der Waals surface area (Å²) < 4.78 is 27.3. The van der Waals surface area contributed by atoms with Crippen LogP contribution in [0.1, 0.15) is 30.4 Å². The van der Waals surface area contributed by atoms with Crippen molar-refractivity contribution < 1.29 is 13.2 Å². The zero-order valence-corrected chi connectivity index (χ0v) is 21.8. The van der Waals surface area contributed by atoms with Gasteiger partial charge in [-0.2, -0.15) is 4.31 Å². The SMILES string of the molecule is Cc1ccc(S(=O)(=O)N2CCC(C(=O)NCCCN3CCN(c4cccc(C)c4)CC3)CC2)cc1. The number of amides is 1. The fourth-order valence-corrected chi connectivity index (χ4v) is 6.40. The fourth-order valence-electron chi connectivity index (χ4n) is 4.93. The van der Waals surface area contributed by atoms with E-state index in [9.17, 15) is 13.2 Å². The normalized spacial score (nSPS) is 18.5. The summed E-state index contributed by atoms with van der Waals surface area (Å²) in [4.78, 5) is 17.9. The Kier molecular flexibility index (Phi) is 8.46. The zero-order chi connectivity index (χ0) is 24.8. The summed E-state index contributed by atoms with van der Waals surface area (Å²) >= 11 is 0. The van der Waals surface area contributed by atoms with Crippen LogP contribution in [0.4, 0.5) is 5.69 Å². The number of hydrogen-bond acceptors (Lipinski definition) is 5. The van der Waals surface area contributed by atoms with Gasteiger partial charge in [0.2, 0.25) is 15.9 Å². The maximum Gasteiger partial charge on any atom is 0.243 e. The Hall–Kier alpha value is -2.42. The molecule has 2 aliphatic rings. The molecule has 4 rings (SSSR count). The molecule has 2 heterocycles. The molecule has 7 nitrogen and oxygen atoms in total. The molecule has 0 atom stereocenters. The summed E-state index contributed by atoms with van der Waals surface area (Å²) in [5.41, 5.74) is 3.62. The quantitative estimate of drug-likeness (QED) is 0.567. The van der Waals surface area contributed by atoms with Crippen molar-refractivity contribution >= 4 is 21.6 Å². The first-order valence-corrected chi connectivity index (χ1v) is 14.2. The molecule has 0 aromatic heterocycles. The molecule has 2 aromatic carbocycles. The Morgan fingerprint density at radius 1 is 0.914 bits per heavy atom. The van der Waals surface area contributed by atoms with Gasteiger partial charge in [0.25, 0.3) is 0 Å². The Morgan fingerprint density at radius 3 is 2.26 bits per heavy atom. The van der Waals surface area contributed by atoms with E-state index in [1.165, 1.54) is 15.6 Å². The van der Waals surface area contributed by atoms with Gasteiger partial charge in [-0.05, 0) is 69.5 Å². The van der Waals surface area contributed by atoms with Crippen LogP contribution < -0.4 is 10.2 Å². The molecule has 0 spiro atoms. The second kappa shape index (κ2) is 11.5. The largest absolute Gasteiger partial charge is 0.369 e. The highest BCUT2D eigenvalue weighted by molar-refractivity contribution is 7.89. The number of nitrogens with one attached hydrogen (secondary N) is 1. The molecule has 0 radical (unpaired) electrons. The first-order chi connectivity index (χ1) is 16.8. The van der Waals surface area contributed by atoms with E-state index in [1.807, 2.05) is 19.1 Å². The molecular weight excluding hydrogens is 460 g/mol. The summed E-state index contributed by atoms with van der Waals surface area (Å²) in [7, 11) is -3.49. The number of carbonyl (C=O) groups is 1. The number of nitrogens with zero attached hydrogens (tertiary/aromatic N) is 3. The minimum Gasteiger partial charge on any atom is -0.369 e. The van der Waals surface area contributed by atoms with E-state index >= 15 is 0 Å². The number of hydrogen-bond donors (Lipinski definition) is 1. The zero-order valence-electron chi connectivity index (χ0n) is 20.9. The van der Waals surface area contributed by atoms with E-state index in [4.69, 9.17) is 0 Å². The van der Waals surface area contributed by atoms with Crippen molar-refractivity contribution in [3.8, 4) is 0 Å². The van der Waals surface area contributed by atoms with Gasteiger partial charge in [0, 0.05) is 57.4 Å². The maximum absolute atomic E-state index is 12.9. The van der Waals surface area contributed by atoms with E-state index in [2.05, 4.69) is 46.3 Å². The minimum absolute atomic E-state index is 0.0571. The van der Waals surface area contributed by atoms with Gasteiger partial charge in [-0.3, -0.25) is 9.69 Å². The van der Waals surface area contributed by atoms with Crippen LogP contribution in [0.15, 0.2) is 53.4 Å². The summed E-state index contributed by atoms with van der Waals surface area (Å²) in [6.07, 6.45) is 2.06. The Labute approximate surface area is 210 Å². The van der Waals surface area contributed by atoms with E-state index in [1.54, 1.807) is 12.1 Å². The lowest BCUT2D eigenvalue weighted by atomic mass is 9.97. The lowest BCUT2D eigenvalue weighted by molar-refractivity contribution is -0.126. The van der Waals surface area contributed by atoms with Crippen molar-refractivity contribution in [3.05, 3.63) is 59.7 Å². The lowest BCUT2D eigenvalue weighted by Crippen LogP contribution is -2.47. The molecule has 8 heteroatoms. The van der Waals surface area contributed by atoms with Gasteiger partial charge >= 0.3 is 0 Å². The number of aryl methyl sites for hydroxylation is 2. The molecule has 2 saturated heterocycles. The Bertz CT molecular complexity index is 1090. The Balaban J connectivity index is 1.13. The van der Waals surface area contributed by atoms with Gasteiger partial charge in [-0.1, -0.05) is 29.8 Å². The van der Waals surface area contributed by atoms with E-state index in [0.29, 0.717) is 37.4 Å². The highest BCUT2D eigenvalue weighted by Crippen LogP contribution is 2.24. The van der Waals surface area contributed by atoms with Gasteiger partial charge in [0.15, 0.2) is 0 Å². The van der Waals surface area contributed by atoms with Crippen molar-refractivity contribution in [1.82, 2.24) is 14.5 Å². The molecule has 1 N–H and O–H groups in total. The number of piperidine rings is 1. The molecular formula is C27H38N4O3S. The van der Waals surface area contributed by atoms with Crippen molar-refractivity contribution in [2.45, 2.75) is 38.0 Å². The van der Waals surface area contributed by atoms with Crippen LogP contribution in [0, 0.1) is 19.8 Å². The van der Waals surface area contributed by atoms with Crippen LogP contribution in [-0.2, 0) is 14.8 Å². The Morgan fingerprint density at radius 2 is 1.60 bits per heavy atom. The first-order valence-electron chi connectivity index (χ1n) is 12.7. The monoisotopic (exact) mass is 498 g/mol. The van der Waals surface area contributed by atoms with Gasteiger partial charge in [-0.25, -0.2) is 8.42 Å². The minimum atomic E-state index is -3.49. The molecule has 0 saturated carbocycles. The van der Waals surface area contributed by atoms with E-state index in [0.717, 1.165) is 44.7 Å². The number of sulfonamides is 1. The summed E-state index contributed by atoms with van der Waals surface area (Å²) in [6, 6.07) is 15.6. The number of piperazine rings is 1. The molecule has 0 aliphatic carbocycles. The first kappa shape index (κ1) is 25.7. The molecule has 2 fully saturated rings. The van der Waals surface area contributed by atoms with Crippen molar-refractivity contribution in [3.63, 3.8) is 0 Å². The van der Waals surface area contributed by atoms with Crippen molar-refractivity contribution in [1.29, 1.82) is 0 Å². The summed E-state index contributed by atoms with van der Waals surface area (Å²) in [5.74, 6) is -0.0565. The molecule has 2 aromatic rings. The summed E-state index contributed by atoms with van der Waals surface area (Å²) in [5, 5.41) is 3.08. The number of anilines is 1. The fraction of sp³-hybridized carbons (Fsp3) is 0.519. The van der Waals surface area contributed by atoms with E-state index in [-0.39, 0.29) is 11.8 Å². The smallest absolute Gasteiger partial charge is 0.243 e. The van der Waals surface area contributed by atoms with Crippen LogP contribution in [0.2, 0.25) is 0 Å². The van der Waals surface area contributed by atoms with Crippen molar-refractivity contribution in [2.75, 3.05) is 57.3 Å². The van der Waals surface area contributed by atoms with Gasteiger partial charge < -0.3 is 10.2 Å². The summed E-state index contributed by atoms with van der Waals surface area (Å²) in [6.45, 7) is 10.6. The number of rotatable bonds is 8. The maximum atomic E-state index is 12.9. The second-order valence-corrected chi connectivity index (χ2v) is 11.7. The third-order valence-corrected chi connectivity index (χ3v) is 9.09. The van der Waals surface area contributed by atoms with Crippen molar-refractivity contribution in [2.24, 2.45) is 5.92 Å². The molecule has 0 unspecified atom stereocenters. The van der Waals surface area contributed by atoms with Crippen LogP contribution in [0.3, 0.4) is 0 Å². The van der Waals surface area contributed by atoms with Gasteiger partial charge in [0.05, 0.1) is 4.90 Å². The molecule has 190 valence electrons. The highest BCUT2D eigenvalue weighted by atomic mass is 32.2. The van der Waals surface area contributed by atoms with Gasteiger partial charge in [0.1, 0.15) is 0 Å². The standard InChI is InChI=1S/C27H38N4O3S/c1-22-7-9-26(10-8-22)35(33,34)31-15-11-24(12-16-31)27(32)28-13-4-14-29-17-19-30(20-18-29)25-6-3-5-23(2)21-25/h3,5-10,21,24H,4,11-20H2,1-2H3,(H,28,32). The average molecular weight is 499 g/mol. The molecule has 2 aliphatic heterocycles. The van der Waals surface area contributed by atoms with E-state index < -0.39 is 10.0 Å². The third-order valence-electron chi connectivity index (χ3n) is 7.17. The predicted octanol–water partition coefficient (Wildman–Crippen LogP) is 3.03. The highest BCUT2D eigenvalue weighted by Gasteiger charge is 2.32. The topological polar surface area (TPSA) is 73.0 Å². The number of carbonyl (C=O) groups excluding carboxylic acids is 1. The molecule has 35 heavy (non-hydrogen) atoms. The molecule has 0 bridgehead atoms. The van der Waals surface area contributed by atoms with Crippen LogP contribution in [0.5, 0.6) is 0 Å². The van der Waals surface area contributed by atoms with Crippen LogP contribution in [0.25, 0.3) is 0 Å². The van der Waals surface area contributed by atoms with Gasteiger partial charge in [-0.15, -0.1) is 0 Å². The average Bonchev–Trinajstić information content (AvgIpc) is 2.87. The van der Waals surface area contributed by atoms with Crippen LogP contribution in [-0.4, -0.2) is 75.9 Å². The molecule has 1 amide bonds. The lowest BCUT2D eigenvalue weighted by Gasteiger charge is -2.36. The second-order valence-electron chi connectivity index (χ2n) is 9.80. The van der Waals surface area contributed by atoms with Crippen LogP contribution >= 0.6 is 0 Å².